The molecule has 0 amide bonds. The van der Waals surface area contributed by atoms with Crippen LogP contribution in [0.4, 0.5) is 0 Å². The van der Waals surface area contributed by atoms with Gasteiger partial charge in [-0.1, -0.05) is 31.7 Å². The summed E-state index contributed by atoms with van der Waals surface area (Å²) in [6.07, 6.45) is 5.59. The predicted molar refractivity (Wildman–Crippen MR) is 59.6 cm³/mol. The van der Waals surface area contributed by atoms with Gasteiger partial charge in [-0.05, 0) is 12.0 Å². The zero-order valence-corrected chi connectivity index (χ0v) is 8.61. The molecule has 14 heavy (non-hydrogen) atoms. The summed E-state index contributed by atoms with van der Waals surface area (Å²) in [5.74, 6) is -2.27. The summed E-state index contributed by atoms with van der Waals surface area (Å²) >= 11 is 0. The molecule has 0 saturated heterocycles. The Morgan fingerprint density at radius 3 is 1.64 bits per heavy atom. The van der Waals surface area contributed by atoms with E-state index in [0.29, 0.717) is 0 Å². The van der Waals surface area contributed by atoms with Crippen molar-refractivity contribution in [3.63, 3.8) is 0 Å². The van der Waals surface area contributed by atoms with Crippen LogP contribution in [-0.2, 0) is 0 Å². The van der Waals surface area contributed by atoms with Crippen LogP contribution in [0.2, 0.25) is 0 Å². The minimum Gasteiger partial charge on any atom is -0.361 e. The average Bonchev–Trinajstić information content (AvgIpc) is 2.19. The van der Waals surface area contributed by atoms with Crippen LogP contribution in [0, 0.1) is 11.3 Å². The summed E-state index contributed by atoms with van der Waals surface area (Å²) in [6.45, 7) is 16.0. The van der Waals surface area contributed by atoms with Crippen molar-refractivity contribution in [2.24, 2.45) is 11.3 Å². The SMILES string of the molecule is C=CC(C)C(C=C)(C=C)C(O)(O)C=C. The first kappa shape index (κ1) is 12.9. The molecule has 0 aliphatic heterocycles. The second-order valence-electron chi connectivity index (χ2n) is 3.30. The molecule has 0 aliphatic rings. The Balaban J connectivity index is 5.48. The molecule has 2 heteroatoms. The normalized spacial score (nSPS) is 14.2. The topological polar surface area (TPSA) is 40.5 Å². The highest BCUT2D eigenvalue weighted by Gasteiger charge is 2.45. The zero-order valence-electron chi connectivity index (χ0n) is 8.61. The first-order valence-electron chi connectivity index (χ1n) is 4.40. The molecule has 1 atom stereocenters. The van der Waals surface area contributed by atoms with Crippen LogP contribution in [-0.4, -0.2) is 16.0 Å². The van der Waals surface area contributed by atoms with E-state index in [1.165, 1.54) is 12.2 Å². The molecule has 0 spiro atoms. The molecule has 78 valence electrons. The van der Waals surface area contributed by atoms with Gasteiger partial charge in [0.2, 0.25) is 0 Å². The lowest BCUT2D eigenvalue weighted by Crippen LogP contribution is -2.47. The van der Waals surface area contributed by atoms with Gasteiger partial charge in [0.25, 0.3) is 0 Å². The maximum atomic E-state index is 9.78. The maximum Gasteiger partial charge on any atom is 0.195 e. The summed E-state index contributed by atoms with van der Waals surface area (Å²) in [4.78, 5) is 0. The van der Waals surface area contributed by atoms with Crippen LogP contribution >= 0.6 is 0 Å². The summed E-state index contributed by atoms with van der Waals surface area (Å²) in [5.41, 5.74) is -1.06. The van der Waals surface area contributed by atoms with Gasteiger partial charge in [0.15, 0.2) is 5.79 Å². The largest absolute Gasteiger partial charge is 0.361 e. The van der Waals surface area contributed by atoms with Crippen molar-refractivity contribution in [1.29, 1.82) is 0 Å². The van der Waals surface area contributed by atoms with Crippen LogP contribution in [0.5, 0.6) is 0 Å². The molecule has 0 aromatic heterocycles. The first-order chi connectivity index (χ1) is 6.41. The fourth-order valence-electron chi connectivity index (χ4n) is 1.46. The molecule has 0 aromatic rings. The highest BCUT2D eigenvalue weighted by atomic mass is 16.5. The average molecular weight is 194 g/mol. The monoisotopic (exact) mass is 194 g/mol. The van der Waals surface area contributed by atoms with Gasteiger partial charge in [0.05, 0.1) is 5.41 Å². The molecule has 0 saturated carbocycles. The minimum absolute atomic E-state index is 0.203. The second-order valence-corrected chi connectivity index (χ2v) is 3.30. The van der Waals surface area contributed by atoms with Crippen LogP contribution in [0.1, 0.15) is 6.92 Å². The Hall–Kier alpha value is -1.12. The zero-order chi connectivity index (χ0) is 11.4. The molecular weight excluding hydrogens is 176 g/mol. The van der Waals surface area contributed by atoms with E-state index in [-0.39, 0.29) is 5.92 Å². The van der Waals surface area contributed by atoms with Crippen molar-refractivity contribution < 1.29 is 10.2 Å². The lowest BCUT2D eigenvalue weighted by molar-refractivity contribution is -0.182. The predicted octanol–water partition coefficient (Wildman–Crippen LogP) is 2.03. The van der Waals surface area contributed by atoms with Gasteiger partial charge in [-0.25, -0.2) is 0 Å². The van der Waals surface area contributed by atoms with Gasteiger partial charge >= 0.3 is 0 Å². The molecule has 1 unspecified atom stereocenters. The molecule has 2 N–H and O–H groups in total. The Bertz CT molecular complexity index is 243. The quantitative estimate of drug-likeness (QED) is 0.502. The third-order valence-electron chi connectivity index (χ3n) is 2.70. The number of hydrogen-bond donors (Lipinski definition) is 2. The van der Waals surface area contributed by atoms with Crippen molar-refractivity contribution >= 4 is 0 Å². The molecule has 0 fully saturated rings. The first-order valence-corrected chi connectivity index (χ1v) is 4.40. The smallest absolute Gasteiger partial charge is 0.195 e. The maximum absolute atomic E-state index is 9.78. The Labute approximate surface area is 85.6 Å². The van der Waals surface area contributed by atoms with Crippen molar-refractivity contribution in [1.82, 2.24) is 0 Å². The van der Waals surface area contributed by atoms with E-state index >= 15 is 0 Å². The Morgan fingerprint density at radius 2 is 1.43 bits per heavy atom. The number of aliphatic hydroxyl groups is 2. The Morgan fingerprint density at radius 1 is 1.00 bits per heavy atom. The number of hydrogen-bond acceptors (Lipinski definition) is 2. The minimum atomic E-state index is -2.07. The Kier molecular flexibility index (Phi) is 4.05. The fraction of sp³-hybridized carbons (Fsp3) is 0.333. The van der Waals surface area contributed by atoms with E-state index in [1.54, 1.807) is 13.0 Å². The van der Waals surface area contributed by atoms with E-state index in [2.05, 4.69) is 26.3 Å². The third kappa shape index (κ3) is 1.72. The molecule has 0 bridgehead atoms. The van der Waals surface area contributed by atoms with Crippen molar-refractivity contribution in [2.75, 3.05) is 0 Å². The van der Waals surface area contributed by atoms with E-state index in [1.807, 2.05) is 0 Å². The van der Waals surface area contributed by atoms with Crippen LogP contribution in [0.15, 0.2) is 50.6 Å². The van der Waals surface area contributed by atoms with Gasteiger partial charge in [-0.3, -0.25) is 0 Å². The van der Waals surface area contributed by atoms with Crippen molar-refractivity contribution in [3.8, 4) is 0 Å². The van der Waals surface area contributed by atoms with Crippen LogP contribution < -0.4 is 0 Å². The highest BCUT2D eigenvalue weighted by molar-refractivity contribution is 5.22. The van der Waals surface area contributed by atoms with Gasteiger partial charge in [0.1, 0.15) is 0 Å². The van der Waals surface area contributed by atoms with E-state index in [4.69, 9.17) is 0 Å². The lowest BCUT2D eigenvalue weighted by atomic mass is 9.70. The molecule has 0 aromatic carbocycles. The van der Waals surface area contributed by atoms with Gasteiger partial charge in [0, 0.05) is 0 Å². The van der Waals surface area contributed by atoms with Crippen LogP contribution in [0.25, 0.3) is 0 Å². The van der Waals surface area contributed by atoms with Crippen molar-refractivity contribution in [3.05, 3.63) is 50.6 Å². The number of allylic oxidation sites excluding steroid dienone is 1. The summed E-state index contributed by atoms with van der Waals surface area (Å²) in [6, 6.07) is 0. The standard InChI is InChI=1S/C12H18O2/c1-6-10(5)11(7-2,8-3)12(13,14)9-4/h6-10,13-14H,1-4H2,5H3. The molecule has 0 rings (SSSR count). The summed E-state index contributed by atoms with van der Waals surface area (Å²) in [7, 11) is 0. The molecule has 2 nitrogen and oxygen atoms in total. The van der Waals surface area contributed by atoms with E-state index in [9.17, 15) is 10.2 Å². The fourth-order valence-corrected chi connectivity index (χ4v) is 1.46. The van der Waals surface area contributed by atoms with E-state index in [0.717, 1.165) is 6.08 Å². The van der Waals surface area contributed by atoms with Gasteiger partial charge < -0.3 is 10.2 Å². The van der Waals surface area contributed by atoms with E-state index < -0.39 is 11.2 Å². The highest BCUT2D eigenvalue weighted by Crippen LogP contribution is 2.41. The molecular formula is C12H18O2. The van der Waals surface area contributed by atoms with Crippen molar-refractivity contribution in [2.45, 2.75) is 12.7 Å². The molecule has 0 radical (unpaired) electrons. The third-order valence-corrected chi connectivity index (χ3v) is 2.70. The summed E-state index contributed by atoms with van der Waals surface area (Å²) in [5, 5.41) is 19.6. The van der Waals surface area contributed by atoms with Gasteiger partial charge in [-0.15, -0.1) is 19.7 Å². The van der Waals surface area contributed by atoms with Gasteiger partial charge in [-0.2, -0.15) is 0 Å². The second kappa shape index (κ2) is 4.40. The number of rotatable bonds is 6. The van der Waals surface area contributed by atoms with Crippen LogP contribution in [0.3, 0.4) is 0 Å². The molecule has 0 aliphatic carbocycles. The molecule has 0 heterocycles. The lowest BCUT2D eigenvalue weighted by Gasteiger charge is -2.41. The summed E-state index contributed by atoms with van der Waals surface area (Å²) < 4.78 is 0.